The summed E-state index contributed by atoms with van der Waals surface area (Å²) in [7, 11) is 0. The molecule has 3 rings (SSSR count). The van der Waals surface area contributed by atoms with Crippen LogP contribution >= 0.6 is 0 Å². The molecule has 0 fully saturated rings. The van der Waals surface area contributed by atoms with Crippen LogP contribution in [0.2, 0.25) is 0 Å². The van der Waals surface area contributed by atoms with Gasteiger partial charge < -0.3 is 0 Å². The molecule has 0 saturated carbocycles. The second-order valence-electron chi connectivity index (χ2n) is 6.63. The van der Waals surface area contributed by atoms with Gasteiger partial charge in [0.25, 0.3) is 0 Å². The Bertz CT molecular complexity index is 682. The number of rotatable bonds is 1. The minimum atomic E-state index is 0.0939. The molecule has 2 aliphatic rings. The van der Waals surface area contributed by atoms with Crippen LogP contribution in [0.15, 0.2) is 52.6 Å². The average molecular weight is 264 g/mol. The Balaban J connectivity index is 2.21. The monoisotopic (exact) mass is 264 g/mol. The quantitative estimate of drug-likeness (QED) is 0.594. The van der Waals surface area contributed by atoms with Gasteiger partial charge >= 0.3 is 0 Å². The van der Waals surface area contributed by atoms with E-state index in [1.54, 1.807) is 5.57 Å². The zero-order valence-corrected chi connectivity index (χ0v) is 13.5. The molecule has 0 heteroatoms. The summed E-state index contributed by atoms with van der Waals surface area (Å²) in [6, 6.07) is 8.88. The van der Waals surface area contributed by atoms with E-state index in [1.807, 2.05) is 0 Å². The molecule has 0 radical (unpaired) electrons. The van der Waals surface area contributed by atoms with Gasteiger partial charge in [0.1, 0.15) is 0 Å². The van der Waals surface area contributed by atoms with Crippen LogP contribution < -0.4 is 0 Å². The maximum absolute atomic E-state index is 2.47. The summed E-state index contributed by atoms with van der Waals surface area (Å²) in [5.41, 5.74) is 10.5. The summed E-state index contributed by atoms with van der Waals surface area (Å²) in [6.07, 6.45) is 2.47. The lowest BCUT2D eigenvalue weighted by Gasteiger charge is -2.31. The van der Waals surface area contributed by atoms with Crippen LogP contribution in [0.3, 0.4) is 0 Å². The van der Waals surface area contributed by atoms with Crippen LogP contribution in [0.25, 0.3) is 5.57 Å². The van der Waals surface area contributed by atoms with Gasteiger partial charge in [-0.05, 0) is 62.5 Å². The molecule has 2 aliphatic carbocycles. The van der Waals surface area contributed by atoms with E-state index in [0.29, 0.717) is 5.92 Å². The van der Waals surface area contributed by atoms with Gasteiger partial charge in [0.15, 0.2) is 0 Å². The summed E-state index contributed by atoms with van der Waals surface area (Å²) in [5.74, 6) is 0.515. The van der Waals surface area contributed by atoms with Crippen molar-refractivity contribution in [2.45, 2.75) is 47.5 Å². The number of allylic oxidation sites excluding steroid dienone is 6. The minimum Gasteiger partial charge on any atom is -0.0673 e. The average Bonchev–Trinajstić information content (AvgIpc) is 2.79. The Kier molecular flexibility index (Phi) is 2.83. The molecule has 0 bridgehead atoms. The van der Waals surface area contributed by atoms with E-state index in [2.05, 4.69) is 71.9 Å². The molecule has 0 saturated heterocycles. The molecule has 2 atom stereocenters. The predicted molar refractivity (Wildman–Crippen MR) is 87.7 cm³/mol. The Morgan fingerprint density at radius 1 is 0.950 bits per heavy atom. The van der Waals surface area contributed by atoms with Gasteiger partial charge in [-0.3, -0.25) is 0 Å². The first-order chi connectivity index (χ1) is 9.38. The maximum atomic E-state index is 2.47. The van der Waals surface area contributed by atoms with E-state index in [0.717, 1.165) is 0 Å². The number of hydrogen-bond acceptors (Lipinski definition) is 0. The molecule has 0 aliphatic heterocycles. The van der Waals surface area contributed by atoms with Crippen molar-refractivity contribution in [1.82, 2.24) is 0 Å². The Hall–Kier alpha value is -1.56. The van der Waals surface area contributed by atoms with E-state index < -0.39 is 0 Å². The van der Waals surface area contributed by atoms with Crippen molar-refractivity contribution in [2.75, 3.05) is 0 Å². The molecule has 1 aromatic carbocycles. The standard InChI is InChI=1S/C20H24/c1-12-11-20(6,16(5)13(12)2)19-14(3)17-9-7-8-10-18(17)15(19)4/h7-11,14H,1-6H3. The third kappa shape index (κ3) is 1.54. The molecular weight excluding hydrogens is 240 g/mol. The molecule has 20 heavy (non-hydrogen) atoms. The lowest BCUT2D eigenvalue weighted by Crippen LogP contribution is -2.19. The van der Waals surface area contributed by atoms with Crippen LogP contribution in [-0.4, -0.2) is 0 Å². The fraction of sp³-hybridized carbons (Fsp3) is 0.400. The van der Waals surface area contributed by atoms with E-state index in [1.165, 1.54) is 33.4 Å². The predicted octanol–water partition coefficient (Wildman–Crippen LogP) is 5.88. The second-order valence-corrected chi connectivity index (χ2v) is 6.63. The van der Waals surface area contributed by atoms with Crippen LogP contribution in [-0.2, 0) is 0 Å². The fourth-order valence-electron chi connectivity index (χ4n) is 4.30. The molecule has 0 heterocycles. The van der Waals surface area contributed by atoms with Gasteiger partial charge in [-0.2, -0.15) is 0 Å². The van der Waals surface area contributed by atoms with Gasteiger partial charge in [-0.15, -0.1) is 0 Å². The van der Waals surface area contributed by atoms with Crippen LogP contribution in [0.4, 0.5) is 0 Å². The van der Waals surface area contributed by atoms with Crippen molar-refractivity contribution in [1.29, 1.82) is 0 Å². The molecule has 2 unspecified atom stereocenters. The highest BCUT2D eigenvalue weighted by Crippen LogP contribution is 2.56. The first-order valence-corrected chi connectivity index (χ1v) is 7.56. The Morgan fingerprint density at radius 3 is 2.15 bits per heavy atom. The second kappa shape index (κ2) is 4.22. The van der Waals surface area contributed by atoms with Crippen molar-refractivity contribution in [3.05, 3.63) is 63.8 Å². The van der Waals surface area contributed by atoms with Gasteiger partial charge in [-0.25, -0.2) is 0 Å². The Morgan fingerprint density at radius 2 is 1.60 bits per heavy atom. The maximum Gasteiger partial charge on any atom is 0.0292 e. The van der Waals surface area contributed by atoms with Crippen molar-refractivity contribution in [3.8, 4) is 0 Å². The zero-order valence-electron chi connectivity index (χ0n) is 13.5. The summed E-state index contributed by atoms with van der Waals surface area (Å²) in [4.78, 5) is 0. The topological polar surface area (TPSA) is 0 Å². The van der Waals surface area contributed by atoms with Crippen LogP contribution in [0.1, 0.15) is 58.6 Å². The largest absolute Gasteiger partial charge is 0.0673 e. The van der Waals surface area contributed by atoms with Crippen molar-refractivity contribution in [2.24, 2.45) is 5.41 Å². The highest BCUT2D eigenvalue weighted by Gasteiger charge is 2.41. The third-order valence-electron chi connectivity index (χ3n) is 5.67. The van der Waals surface area contributed by atoms with E-state index in [-0.39, 0.29) is 5.41 Å². The van der Waals surface area contributed by atoms with Gasteiger partial charge in [0, 0.05) is 11.3 Å². The molecule has 104 valence electrons. The Labute approximate surface area is 122 Å². The van der Waals surface area contributed by atoms with E-state index >= 15 is 0 Å². The van der Waals surface area contributed by atoms with Crippen LogP contribution in [0, 0.1) is 5.41 Å². The van der Waals surface area contributed by atoms with Gasteiger partial charge in [0.2, 0.25) is 0 Å². The van der Waals surface area contributed by atoms with Gasteiger partial charge in [0.05, 0.1) is 0 Å². The minimum absolute atomic E-state index is 0.0939. The van der Waals surface area contributed by atoms with Crippen LogP contribution in [0.5, 0.6) is 0 Å². The molecule has 1 aromatic rings. The third-order valence-corrected chi connectivity index (χ3v) is 5.67. The molecule has 0 nitrogen and oxygen atoms in total. The SMILES string of the molecule is CC1=CC(C)(C2=C(C)c3ccccc3C2C)C(C)=C1C. The number of fused-ring (bicyclic) bond motifs is 1. The van der Waals surface area contributed by atoms with E-state index in [4.69, 9.17) is 0 Å². The molecular formula is C20H24. The number of hydrogen-bond donors (Lipinski definition) is 0. The van der Waals surface area contributed by atoms with Gasteiger partial charge in [-0.1, -0.05) is 48.4 Å². The number of benzene rings is 1. The smallest absolute Gasteiger partial charge is 0.0292 e. The lowest BCUT2D eigenvalue weighted by molar-refractivity contribution is 0.580. The first-order valence-electron chi connectivity index (χ1n) is 7.56. The summed E-state index contributed by atoms with van der Waals surface area (Å²) < 4.78 is 0. The van der Waals surface area contributed by atoms with Crippen molar-refractivity contribution in [3.63, 3.8) is 0 Å². The summed E-state index contributed by atoms with van der Waals surface area (Å²) in [6.45, 7) is 13.9. The van der Waals surface area contributed by atoms with Crippen molar-refractivity contribution < 1.29 is 0 Å². The highest BCUT2D eigenvalue weighted by molar-refractivity contribution is 5.80. The first kappa shape index (κ1) is 13.4. The zero-order chi connectivity index (χ0) is 14.7. The normalized spacial score (nSPS) is 29.1. The fourth-order valence-corrected chi connectivity index (χ4v) is 4.30. The molecule has 0 N–H and O–H groups in total. The molecule has 0 spiro atoms. The summed E-state index contributed by atoms with van der Waals surface area (Å²) >= 11 is 0. The lowest BCUT2D eigenvalue weighted by atomic mass is 9.72. The summed E-state index contributed by atoms with van der Waals surface area (Å²) in [5, 5.41) is 0. The highest BCUT2D eigenvalue weighted by atomic mass is 14.4. The molecule has 0 aromatic heterocycles. The van der Waals surface area contributed by atoms with Crippen molar-refractivity contribution >= 4 is 5.57 Å². The van der Waals surface area contributed by atoms with E-state index in [9.17, 15) is 0 Å². The molecule has 0 amide bonds.